The van der Waals surface area contributed by atoms with Crippen LogP contribution in [0.4, 0.5) is 5.69 Å². The fourth-order valence-corrected chi connectivity index (χ4v) is 5.53. The highest BCUT2D eigenvalue weighted by Gasteiger charge is 2.38. The van der Waals surface area contributed by atoms with Crippen LogP contribution in [0, 0.1) is 20.8 Å². The highest BCUT2D eigenvalue weighted by Crippen LogP contribution is 2.39. The molecule has 1 aliphatic heterocycles. The number of nitrogens with one attached hydrogen (secondary N) is 2. The molecule has 1 aliphatic rings. The molecule has 6 nitrogen and oxygen atoms in total. The normalized spacial score (nSPS) is 17.1. The van der Waals surface area contributed by atoms with Gasteiger partial charge in [-0.3, -0.25) is 4.79 Å². The third kappa shape index (κ3) is 4.29. The molecule has 0 spiro atoms. The fourth-order valence-electron chi connectivity index (χ4n) is 4.32. The Morgan fingerprint density at radius 3 is 2.35 bits per heavy atom. The van der Waals surface area contributed by atoms with Crippen molar-refractivity contribution < 1.29 is 4.79 Å². The summed E-state index contributed by atoms with van der Waals surface area (Å²) in [6, 6.07) is 21.3. The maximum atomic E-state index is 13.6. The zero-order chi connectivity index (χ0) is 23.8. The van der Waals surface area contributed by atoms with Crippen molar-refractivity contribution in [3.05, 3.63) is 94.0 Å². The number of thioether (sulfide) groups is 1. The van der Waals surface area contributed by atoms with E-state index in [1.165, 1.54) is 17.3 Å². The van der Waals surface area contributed by atoms with Crippen LogP contribution in [0.5, 0.6) is 0 Å². The molecule has 0 saturated heterocycles. The number of rotatable bonds is 4. The zero-order valence-electron chi connectivity index (χ0n) is 19.0. The van der Waals surface area contributed by atoms with Gasteiger partial charge in [-0.15, -0.1) is 10.2 Å². The van der Waals surface area contributed by atoms with Gasteiger partial charge in [0, 0.05) is 16.3 Å². The minimum atomic E-state index is -0.471. The van der Waals surface area contributed by atoms with Crippen LogP contribution < -0.4 is 10.7 Å². The van der Waals surface area contributed by atoms with E-state index in [9.17, 15) is 4.79 Å². The van der Waals surface area contributed by atoms with Crippen LogP contribution in [0.15, 0.2) is 71.9 Å². The number of hydrogen-bond donors (Lipinski definition) is 2. The summed E-state index contributed by atoms with van der Waals surface area (Å²) in [5, 5.41) is 12.8. The Bertz CT molecular complexity index is 1330. The van der Waals surface area contributed by atoms with E-state index < -0.39 is 5.25 Å². The fraction of sp³-hybridized carbons (Fsp3) is 0.192. The Kier molecular flexibility index (Phi) is 6.06. The van der Waals surface area contributed by atoms with Crippen molar-refractivity contribution in [3.63, 3.8) is 0 Å². The lowest BCUT2D eigenvalue weighted by atomic mass is 10.0. The zero-order valence-corrected chi connectivity index (χ0v) is 20.6. The Labute approximate surface area is 207 Å². The van der Waals surface area contributed by atoms with Gasteiger partial charge < -0.3 is 10.7 Å². The maximum absolute atomic E-state index is 13.6. The van der Waals surface area contributed by atoms with Crippen molar-refractivity contribution >= 4 is 35.0 Å². The van der Waals surface area contributed by atoms with E-state index in [2.05, 4.69) is 40.0 Å². The Morgan fingerprint density at radius 2 is 1.68 bits per heavy atom. The first-order valence-electron chi connectivity index (χ1n) is 11.0. The summed E-state index contributed by atoms with van der Waals surface area (Å²) < 4.78 is 1.87. The average Bonchev–Trinajstić information content (AvgIpc) is 3.24. The minimum Gasteiger partial charge on any atom is -0.325 e. The average molecular weight is 490 g/mol. The third-order valence-electron chi connectivity index (χ3n) is 5.88. The first kappa shape index (κ1) is 22.5. The number of carbonyl (C=O) groups is 1. The molecule has 0 radical (unpaired) electrons. The molecule has 0 bridgehead atoms. The van der Waals surface area contributed by atoms with Gasteiger partial charge in [-0.05, 0) is 49.6 Å². The van der Waals surface area contributed by atoms with Gasteiger partial charge in [-0.2, -0.15) is 0 Å². The summed E-state index contributed by atoms with van der Waals surface area (Å²) in [5.74, 6) is 0.606. The lowest BCUT2D eigenvalue weighted by Gasteiger charge is -2.33. The van der Waals surface area contributed by atoms with Gasteiger partial charge in [0.2, 0.25) is 11.1 Å². The first-order chi connectivity index (χ1) is 16.4. The Balaban J connectivity index is 1.53. The highest BCUT2D eigenvalue weighted by molar-refractivity contribution is 8.00. The van der Waals surface area contributed by atoms with Crippen LogP contribution in [-0.4, -0.2) is 26.0 Å². The largest absolute Gasteiger partial charge is 0.325 e. The molecule has 172 valence electrons. The summed E-state index contributed by atoms with van der Waals surface area (Å²) in [7, 11) is 0. The van der Waals surface area contributed by atoms with E-state index in [0.717, 1.165) is 27.9 Å². The van der Waals surface area contributed by atoms with E-state index in [1.807, 2.05) is 73.1 Å². The first-order valence-corrected chi connectivity index (χ1v) is 12.2. The molecule has 34 heavy (non-hydrogen) atoms. The molecule has 0 aliphatic carbocycles. The van der Waals surface area contributed by atoms with Crippen molar-refractivity contribution in [2.24, 2.45) is 0 Å². The van der Waals surface area contributed by atoms with Crippen LogP contribution in [0.2, 0.25) is 5.02 Å². The Hall–Kier alpha value is -3.29. The number of benzene rings is 3. The molecule has 2 heterocycles. The molecule has 0 fully saturated rings. The number of hydrogen-bond acceptors (Lipinski definition) is 5. The predicted octanol–water partition coefficient (Wildman–Crippen LogP) is 5.92. The number of anilines is 1. The number of amides is 1. The quantitative estimate of drug-likeness (QED) is 0.372. The molecule has 1 aromatic heterocycles. The Morgan fingerprint density at radius 1 is 1.00 bits per heavy atom. The van der Waals surface area contributed by atoms with E-state index in [0.29, 0.717) is 16.0 Å². The van der Waals surface area contributed by atoms with Crippen LogP contribution in [0.1, 0.15) is 28.3 Å². The number of nitrogens with zero attached hydrogens (tertiary/aromatic N) is 3. The van der Waals surface area contributed by atoms with Gasteiger partial charge in [0.25, 0.3) is 0 Å². The number of fused-ring (bicyclic) bond motifs is 1. The molecular formula is C26H24ClN5OS. The standard InChI is InChI=1S/C26H24ClN5OS/c1-15-13-16(2)21(17(3)14-15)28-25(33)23-22(18-9-11-20(27)12-10-18)31-32-24(29-30-26(32)34-23)19-7-5-4-6-8-19/h4-14,22-23,31H,1-3H3,(H,28,33)/t22-,23+/m0/s1. The third-order valence-corrected chi connectivity index (χ3v) is 7.35. The van der Waals surface area contributed by atoms with Gasteiger partial charge in [0.05, 0.1) is 6.04 Å². The molecule has 5 rings (SSSR count). The molecular weight excluding hydrogens is 466 g/mol. The summed E-state index contributed by atoms with van der Waals surface area (Å²) >= 11 is 7.55. The van der Waals surface area contributed by atoms with Crippen molar-refractivity contribution in [3.8, 4) is 11.4 Å². The number of aryl methyl sites for hydroxylation is 3. The van der Waals surface area contributed by atoms with Crippen LogP contribution in [0.25, 0.3) is 11.4 Å². The molecule has 2 atom stereocenters. The highest BCUT2D eigenvalue weighted by atomic mass is 35.5. The summed E-state index contributed by atoms with van der Waals surface area (Å²) in [6.45, 7) is 6.09. The number of aromatic nitrogens is 3. The van der Waals surface area contributed by atoms with Crippen molar-refractivity contribution in [1.29, 1.82) is 0 Å². The van der Waals surface area contributed by atoms with Crippen molar-refractivity contribution in [1.82, 2.24) is 14.9 Å². The van der Waals surface area contributed by atoms with Crippen LogP contribution in [-0.2, 0) is 4.79 Å². The van der Waals surface area contributed by atoms with Gasteiger partial charge in [0.15, 0.2) is 5.82 Å². The van der Waals surface area contributed by atoms with Crippen LogP contribution in [0.3, 0.4) is 0 Å². The van der Waals surface area contributed by atoms with Crippen LogP contribution >= 0.6 is 23.4 Å². The summed E-state index contributed by atoms with van der Waals surface area (Å²) in [5.41, 5.74) is 9.49. The van der Waals surface area contributed by atoms with Gasteiger partial charge in [-0.25, -0.2) is 4.68 Å². The molecule has 1 amide bonds. The van der Waals surface area contributed by atoms with Crippen molar-refractivity contribution in [2.45, 2.75) is 37.2 Å². The number of halogens is 1. The lowest BCUT2D eigenvalue weighted by Crippen LogP contribution is -2.41. The van der Waals surface area contributed by atoms with E-state index in [4.69, 9.17) is 11.6 Å². The van der Waals surface area contributed by atoms with Gasteiger partial charge >= 0.3 is 0 Å². The molecule has 3 aromatic carbocycles. The summed E-state index contributed by atoms with van der Waals surface area (Å²) in [6.07, 6.45) is 0. The van der Waals surface area contributed by atoms with E-state index in [-0.39, 0.29) is 11.9 Å². The van der Waals surface area contributed by atoms with Gasteiger partial charge in [-0.1, -0.05) is 83.5 Å². The number of carbonyl (C=O) groups excluding carboxylic acids is 1. The second kappa shape index (κ2) is 9.16. The van der Waals surface area contributed by atoms with E-state index in [1.54, 1.807) is 0 Å². The second-order valence-electron chi connectivity index (χ2n) is 8.47. The van der Waals surface area contributed by atoms with E-state index >= 15 is 0 Å². The lowest BCUT2D eigenvalue weighted by molar-refractivity contribution is -0.116. The maximum Gasteiger partial charge on any atom is 0.240 e. The SMILES string of the molecule is Cc1cc(C)c(NC(=O)[C@@H]2Sc3nnc(-c4ccccc4)n3N[C@H]2c2ccc(Cl)cc2)c(C)c1. The second-order valence-corrected chi connectivity index (χ2v) is 10.0. The minimum absolute atomic E-state index is 0.0944. The summed E-state index contributed by atoms with van der Waals surface area (Å²) in [4.78, 5) is 13.6. The molecule has 2 N–H and O–H groups in total. The predicted molar refractivity (Wildman–Crippen MR) is 138 cm³/mol. The smallest absolute Gasteiger partial charge is 0.240 e. The molecule has 0 unspecified atom stereocenters. The molecule has 0 saturated carbocycles. The monoisotopic (exact) mass is 489 g/mol. The topological polar surface area (TPSA) is 71.8 Å². The molecule has 8 heteroatoms. The van der Waals surface area contributed by atoms with Crippen molar-refractivity contribution in [2.75, 3.05) is 10.7 Å². The van der Waals surface area contributed by atoms with Gasteiger partial charge in [0.1, 0.15) is 5.25 Å². The molecule has 4 aromatic rings.